The molecule has 1 N–H and O–H groups in total. The van der Waals surface area contributed by atoms with Crippen molar-refractivity contribution in [3.8, 4) is 6.07 Å². The van der Waals surface area contributed by atoms with Crippen LogP contribution in [-0.4, -0.2) is 15.8 Å². The van der Waals surface area contributed by atoms with Gasteiger partial charge >= 0.3 is 5.88 Å². The minimum absolute atomic E-state index is 0.0128. The highest BCUT2D eigenvalue weighted by Crippen LogP contribution is 2.27. The lowest BCUT2D eigenvalue weighted by atomic mass is 10.1. The first kappa shape index (κ1) is 20.5. The van der Waals surface area contributed by atoms with E-state index in [1.807, 2.05) is 0 Å². The van der Waals surface area contributed by atoms with E-state index in [0.29, 0.717) is 16.5 Å². The first-order valence-corrected chi connectivity index (χ1v) is 9.49. The smallest absolute Gasteiger partial charge is 0.401 e. The number of nitro groups is 1. The number of benzene rings is 1. The van der Waals surface area contributed by atoms with E-state index in [2.05, 4.69) is 10.3 Å². The van der Waals surface area contributed by atoms with Crippen molar-refractivity contribution in [2.45, 2.75) is 6.42 Å². The molecule has 146 valence electrons. The molecule has 0 aliphatic carbocycles. The first-order valence-electron chi connectivity index (χ1n) is 7.91. The molecule has 0 saturated carbocycles. The molecular formula is C18H10Cl2N4O4S. The highest BCUT2D eigenvalue weighted by atomic mass is 35.5. The highest BCUT2D eigenvalue weighted by Gasteiger charge is 2.16. The Hall–Kier alpha value is -3.19. The van der Waals surface area contributed by atoms with Crippen LogP contribution in [0, 0.1) is 21.4 Å². The summed E-state index contributed by atoms with van der Waals surface area (Å²) in [6, 6.07) is 9.30. The number of hydrogen-bond donors (Lipinski definition) is 1. The normalized spacial score (nSPS) is 11.1. The number of nitrogens with zero attached hydrogens (tertiary/aromatic N) is 3. The summed E-state index contributed by atoms with van der Waals surface area (Å²) >= 11 is 13.4. The topological polar surface area (TPSA) is 122 Å². The van der Waals surface area contributed by atoms with Crippen molar-refractivity contribution in [1.29, 1.82) is 5.26 Å². The summed E-state index contributed by atoms with van der Waals surface area (Å²) in [6.07, 6.45) is 3.18. The molecule has 0 saturated heterocycles. The number of halogens is 2. The van der Waals surface area contributed by atoms with Gasteiger partial charge in [-0.3, -0.25) is 20.2 Å². The largest absolute Gasteiger partial charge is 0.433 e. The van der Waals surface area contributed by atoms with Crippen molar-refractivity contribution in [2.24, 2.45) is 0 Å². The van der Waals surface area contributed by atoms with Gasteiger partial charge in [0.15, 0.2) is 5.13 Å². The number of carbonyl (C=O) groups excluding carboxylic acids is 1. The van der Waals surface area contributed by atoms with Crippen molar-refractivity contribution in [3.63, 3.8) is 0 Å². The second-order valence-electron chi connectivity index (χ2n) is 5.60. The number of nitriles is 1. The number of aromatic nitrogens is 1. The average molecular weight is 449 g/mol. The van der Waals surface area contributed by atoms with Crippen molar-refractivity contribution >= 4 is 57.5 Å². The first-order chi connectivity index (χ1) is 13.9. The maximum absolute atomic E-state index is 12.3. The lowest BCUT2D eigenvalue weighted by molar-refractivity contribution is -0.402. The molecule has 0 fully saturated rings. The van der Waals surface area contributed by atoms with E-state index in [4.69, 9.17) is 27.6 Å². The average Bonchev–Trinajstić information content (AvgIpc) is 3.32. The second-order valence-corrected chi connectivity index (χ2v) is 7.56. The fraction of sp³-hybridized carbons (Fsp3) is 0.0556. The van der Waals surface area contributed by atoms with Crippen molar-refractivity contribution in [3.05, 3.63) is 78.5 Å². The monoisotopic (exact) mass is 448 g/mol. The lowest BCUT2D eigenvalue weighted by Crippen LogP contribution is -2.13. The Labute approximate surface area is 178 Å². The van der Waals surface area contributed by atoms with E-state index in [1.54, 1.807) is 30.5 Å². The number of thiazole rings is 1. The quantitative estimate of drug-likeness (QED) is 0.242. The summed E-state index contributed by atoms with van der Waals surface area (Å²) in [5, 5.41) is 23.8. The Kier molecular flexibility index (Phi) is 6.29. The van der Waals surface area contributed by atoms with E-state index in [-0.39, 0.29) is 16.5 Å². The zero-order chi connectivity index (χ0) is 21.0. The van der Waals surface area contributed by atoms with Gasteiger partial charge < -0.3 is 4.42 Å². The van der Waals surface area contributed by atoms with E-state index in [1.165, 1.54) is 17.4 Å². The van der Waals surface area contributed by atoms with Crippen LogP contribution < -0.4 is 5.32 Å². The van der Waals surface area contributed by atoms with Crippen LogP contribution in [-0.2, 0) is 11.2 Å². The number of rotatable bonds is 6. The maximum atomic E-state index is 12.3. The van der Waals surface area contributed by atoms with Gasteiger partial charge in [-0.25, -0.2) is 4.98 Å². The van der Waals surface area contributed by atoms with Gasteiger partial charge in [-0.05, 0) is 29.8 Å². The van der Waals surface area contributed by atoms with Crippen molar-refractivity contribution in [2.75, 3.05) is 5.32 Å². The Morgan fingerprint density at radius 2 is 2.17 bits per heavy atom. The van der Waals surface area contributed by atoms with Gasteiger partial charge in [-0.2, -0.15) is 5.26 Å². The summed E-state index contributed by atoms with van der Waals surface area (Å²) in [7, 11) is 0. The number of nitrogens with one attached hydrogen (secondary N) is 1. The van der Waals surface area contributed by atoms with Crippen LogP contribution in [0.5, 0.6) is 0 Å². The van der Waals surface area contributed by atoms with E-state index < -0.39 is 16.7 Å². The zero-order valence-corrected chi connectivity index (χ0v) is 16.7. The molecule has 0 unspecified atom stereocenters. The van der Waals surface area contributed by atoms with Gasteiger partial charge in [-0.15, -0.1) is 11.3 Å². The third-order valence-electron chi connectivity index (χ3n) is 3.59. The van der Waals surface area contributed by atoms with Gasteiger partial charge in [0.25, 0.3) is 5.91 Å². The molecule has 0 atom stereocenters. The fourth-order valence-electron chi connectivity index (χ4n) is 2.29. The summed E-state index contributed by atoms with van der Waals surface area (Å²) < 4.78 is 4.93. The Morgan fingerprint density at radius 3 is 2.86 bits per heavy atom. The fourth-order valence-corrected chi connectivity index (χ4v) is 3.50. The van der Waals surface area contributed by atoms with Crippen LogP contribution >= 0.6 is 34.5 Å². The molecule has 11 heteroatoms. The molecule has 2 heterocycles. The molecule has 0 radical (unpaired) electrons. The molecule has 2 aromatic heterocycles. The number of anilines is 1. The number of amides is 1. The van der Waals surface area contributed by atoms with E-state index in [0.717, 1.165) is 22.6 Å². The number of hydrogen-bond acceptors (Lipinski definition) is 7. The summed E-state index contributed by atoms with van der Waals surface area (Å²) in [6.45, 7) is 0. The molecule has 0 aliphatic rings. The SMILES string of the molecule is N#CC(=Cc1ccc([N+](=O)[O-])o1)C(=O)Nc1ncc(Cc2cc(Cl)ccc2Cl)s1. The Balaban J connectivity index is 1.71. The van der Waals surface area contributed by atoms with Crippen molar-refractivity contribution in [1.82, 2.24) is 4.98 Å². The molecule has 3 rings (SSSR count). The molecular weight excluding hydrogens is 439 g/mol. The van der Waals surface area contributed by atoms with Gasteiger partial charge in [0.05, 0.1) is 6.07 Å². The van der Waals surface area contributed by atoms with Gasteiger partial charge in [-0.1, -0.05) is 23.2 Å². The molecule has 1 aromatic carbocycles. The highest BCUT2D eigenvalue weighted by molar-refractivity contribution is 7.15. The minimum atomic E-state index is -0.716. The molecule has 3 aromatic rings. The van der Waals surface area contributed by atoms with E-state index in [9.17, 15) is 20.2 Å². The van der Waals surface area contributed by atoms with Crippen LogP contribution in [0.1, 0.15) is 16.2 Å². The van der Waals surface area contributed by atoms with Crippen molar-refractivity contribution < 1.29 is 14.1 Å². The minimum Gasteiger partial charge on any atom is -0.401 e. The molecule has 0 spiro atoms. The predicted molar refractivity (Wildman–Crippen MR) is 109 cm³/mol. The maximum Gasteiger partial charge on any atom is 0.433 e. The summed E-state index contributed by atoms with van der Waals surface area (Å²) in [5.41, 5.74) is 0.529. The summed E-state index contributed by atoms with van der Waals surface area (Å²) in [4.78, 5) is 27.2. The van der Waals surface area contributed by atoms with E-state index >= 15 is 0 Å². The lowest BCUT2D eigenvalue weighted by Gasteiger charge is -2.02. The summed E-state index contributed by atoms with van der Waals surface area (Å²) in [5.74, 6) is -1.19. The third kappa shape index (κ3) is 5.20. The standard InChI is InChI=1S/C18H10Cl2N4O4S/c19-12-1-3-15(20)10(5-12)7-14-9-22-18(29-14)23-17(25)11(8-21)6-13-2-4-16(28-13)24(26)27/h1-6,9H,7H2,(H,22,23,25). The van der Waals surface area contributed by atoms with Crippen LogP contribution in [0.2, 0.25) is 10.0 Å². The molecule has 0 aliphatic heterocycles. The van der Waals surface area contributed by atoms with Gasteiger partial charge in [0.2, 0.25) is 0 Å². The molecule has 8 nitrogen and oxygen atoms in total. The molecule has 1 amide bonds. The van der Waals surface area contributed by atoms with Crippen LogP contribution in [0.3, 0.4) is 0 Å². The Morgan fingerprint density at radius 1 is 1.38 bits per heavy atom. The van der Waals surface area contributed by atoms with Crippen LogP contribution in [0.4, 0.5) is 11.0 Å². The Bertz CT molecular complexity index is 1160. The zero-order valence-electron chi connectivity index (χ0n) is 14.4. The van der Waals surface area contributed by atoms with Crippen LogP contribution in [0.15, 0.2) is 46.5 Å². The third-order valence-corrected chi connectivity index (χ3v) is 5.11. The molecule has 0 bridgehead atoms. The second kappa shape index (κ2) is 8.87. The molecule has 29 heavy (non-hydrogen) atoms. The van der Waals surface area contributed by atoms with Gasteiger partial charge in [0.1, 0.15) is 22.3 Å². The number of furan rings is 1. The van der Waals surface area contributed by atoms with Gasteiger partial charge in [0, 0.05) is 33.6 Å². The van der Waals surface area contributed by atoms with Crippen LogP contribution in [0.25, 0.3) is 6.08 Å². The number of carbonyl (C=O) groups is 1. The predicted octanol–water partition coefficient (Wildman–Crippen LogP) is 5.09.